The van der Waals surface area contributed by atoms with Crippen LogP contribution >= 0.6 is 0 Å². The second kappa shape index (κ2) is 9.15. The maximum absolute atomic E-state index is 12.9. The lowest BCUT2D eigenvalue weighted by molar-refractivity contribution is -0.116. The first-order valence-corrected chi connectivity index (χ1v) is 10.4. The Labute approximate surface area is 169 Å². The summed E-state index contributed by atoms with van der Waals surface area (Å²) >= 11 is 0. The summed E-state index contributed by atoms with van der Waals surface area (Å²) in [5.41, 5.74) is 0.204. The number of hydrogen-bond acceptors (Lipinski definition) is 4. The van der Waals surface area contributed by atoms with Crippen LogP contribution in [0, 0.1) is 5.82 Å². The maximum atomic E-state index is 12.9. The second-order valence-corrected chi connectivity index (χ2v) is 9.17. The number of hydrogen-bond donors (Lipinski definition) is 3. The predicted molar refractivity (Wildman–Crippen MR) is 108 cm³/mol. The lowest BCUT2D eigenvalue weighted by Gasteiger charge is -2.21. The van der Waals surface area contributed by atoms with Crippen LogP contribution in [0.5, 0.6) is 0 Å². The van der Waals surface area contributed by atoms with Crippen molar-refractivity contribution < 1.29 is 22.4 Å². The summed E-state index contributed by atoms with van der Waals surface area (Å²) < 4.78 is 39.5. The van der Waals surface area contributed by atoms with E-state index in [0.29, 0.717) is 11.3 Å². The van der Waals surface area contributed by atoms with Crippen LogP contribution in [0.25, 0.3) is 0 Å². The molecule has 156 valence electrons. The molecule has 0 fully saturated rings. The van der Waals surface area contributed by atoms with E-state index < -0.39 is 27.3 Å². The molecule has 2 aromatic carbocycles. The molecule has 0 aliphatic heterocycles. The third kappa shape index (κ3) is 6.95. The molecular formula is C20H24FN3O4S. The standard InChI is InChI=1S/C20H24FN3O4S/c1-20(2,3)24-19(26)16-6-4-5-7-17(16)23-18(25)12-13-22-29(27,28)15-10-8-14(21)9-11-15/h4-11,22H,12-13H2,1-3H3,(H,23,25)(H,24,26). The molecule has 2 rings (SSSR count). The zero-order valence-corrected chi connectivity index (χ0v) is 17.3. The van der Waals surface area contributed by atoms with Gasteiger partial charge in [0.2, 0.25) is 15.9 Å². The van der Waals surface area contributed by atoms with Gasteiger partial charge in [0.25, 0.3) is 5.91 Å². The van der Waals surface area contributed by atoms with Crippen LogP contribution in [0.4, 0.5) is 10.1 Å². The molecule has 0 aliphatic carbocycles. The van der Waals surface area contributed by atoms with Crippen molar-refractivity contribution in [1.29, 1.82) is 0 Å². The third-order valence-electron chi connectivity index (χ3n) is 3.70. The van der Waals surface area contributed by atoms with Crippen molar-refractivity contribution in [2.45, 2.75) is 37.6 Å². The average molecular weight is 421 g/mol. The van der Waals surface area contributed by atoms with Crippen LogP contribution in [-0.2, 0) is 14.8 Å². The molecule has 7 nitrogen and oxygen atoms in total. The van der Waals surface area contributed by atoms with Crippen LogP contribution in [0.3, 0.4) is 0 Å². The number of amides is 2. The summed E-state index contributed by atoms with van der Waals surface area (Å²) in [5.74, 6) is -1.33. The molecule has 0 unspecified atom stereocenters. The molecule has 0 aromatic heterocycles. The number of carbonyl (C=O) groups excluding carboxylic acids is 2. The van der Waals surface area contributed by atoms with Gasteiger partial charge in [-0.1, -0.05) is 12.1 Å². The van der Waals surface area contributed by atoms with Gasteiger partial charge in [-0.25, -0.2) is 17.5 Å². The highest BCUT2D eigenvalue weighted by molar-refractivity contribution is 7.89. The van der Waals surface area contributed by atoms with Crippen molar-refractivity contribution in [1.82, 2.24) is 10.0 Å². The molecule has 0 aliphatic rings. The number of anilines is 1. The fourth-order valence-electron chi connectivity index (χ4n) is 2.41. The minimum Gasteiger partial charge on any atom is -0.347 e. The summed E-state index contributed by atoms with van der Waals surface area (Å²) in [6, 6.07) is 10.9. The molecule has 0 bridgehead atoms. The predicted octanol–water partition coefficient (Wildman–Crippen LogP) is 2.66. The van der Waals surface area contributed by atoms with Gasteiger partial charge in [-0.15, -0.1) is 0 Å². The Balaban J connectivity index is 1.96. The highest BCUT2D eigenvalue weighted by Gasteiger charge is 2.19. The number of nitrogens with one attached hydrogen (secondary N) is 3. The Kier molecular flexibility index (Phi) is 7.10. The molecule has 0 saturated heterocycles. The minimum absolute atomic E-state index is 0.0940. The largest absolute Gasteiger partial charge is 0.347 e. The van der Waals surface area contributed by atoms with E-state index in [9.17, 15) is 22.4 Å². The van der Waals surface area contributed by atoms with E-state index in [-0.39, 0.29) is 23.8 Å². The zero-order valence-electron chi connectivity index (χ0n) is 16.5. The van der Waals surface area contributed by atoms with Gasteiger partial charge in [-0.3, -0.25) is 9.59 Å². The first kappa shape index (κ1) is 22.5. The molecule has 0 atom stereocenters. The number of rotatable bonds is 7. The van der Waals surface area contributed by atoms with E-state index in [1.807, 2.05) is 20.8 Å². The van der Waals surface area contributed by atoms with Gasteiger partial charge in [0, 0.05) is 18.5 Å². The van der Waals surface area contributed by atoms with E-state index in [1.165, 1.54) is 0 Å². The van der Waals surface area contributed by atoms with E-state index in [2.05, 4.69) is 15.4 Å². The quantitative estimate of drug-likeness (QED) is 0.639. The van der Waals surface area contributed by atoms with E-state index in [4.69, 9.17) is 0 Å². The fourth-order valence-corrected chi connectivity index (χ4v) is 3.44. The number of para-hydroxylation sites is 1. The highest BCUT2D eigenvalue weighted by Crippen LogP contribution is 2.16. The van der Waals surface area contributed by atoms with Gasteiger partial charge in [-0.05, 0) is 57.2 Å². The van der Waals surface area contributed by atoms with Crippen molar-refractivity contribution in [2.24, 2.45) is 0 Å². The van der Waals surface area contributed by atoms with Gasteiger partial charge in [0.05, 0.1) is 16.1 Å². The average Bonchev–Trinajstić information content (AvgIpc) is 2.61. The lowest BCUT2D eigenvalue weighted by atomic mass is 10.1. The lowest BCUT2D eigenvalue weighted by Crippen LogP contribution is -2.40. The summed E-state index contributed by atoms with van der Waals surface area (Å²) in [5, 5.41) is 5.45. The highest BCUT2D eigenvalue weighted by atomic mass is 32.2. The summed E-state index contributed by atoms with van der Waals surface area (Å²) in [4.78, 5) is 24.5. The van der Waals surface area contributed by atoms with Gasteiger partial charge in [0.1, 0.15) is 5.82 Å². The number of carbonyl (C=O) groups is 2. The Hall–Kier alpha value is -2.78. The number of sulfonamides is 1. The molecule has 29 heavy (non-hydrogen) atoms. The number of benzene rings is 2. The van der Waals surface area contributed by atoms with Gasteiger partial charge < -0.3 is 10.6 Å². The van der Waals surface area contributed by atoms with E-state index >= 15 is 0 Å². The normalized spacial score (nSPS) is 11.7. The van der Waals surface area contributed by atoms with Crippen molar-refractivity contribution in [3.8, 4) is 0 Å². The van der Waals surface area contributed by atoms with Crippen molar-refractivity contribution in [3.05, 3.63) is 59.9 Å². The van der Waals surface area contributed by atoms with Crippen LogP contribution in [0.2, 0.25) is 0 Å². The van der Waals surface area contributed by atoms with Crippen LogP contribution in [-0.4, -0.2) is 32.3 Å². The van der Waals surface area contributed by atoms with Crippen LogP contribution in [0.1, 0.15) is 37.6 Å². The van der Waals surface area contributed by atoms with E-state index in [1.54, 1.807) is 24.3 Å². The topological polar surface area (TPSA) is 104 Å². The summed E-state index contributed by atoms with van der Waals surface area (Å²) in [7, 11) is -3.85. The monoisotopic (exact) mass is 421 g/mol. The molecule has 0 heterocycles. The zero-order chi connectivity index (χ0) is 21.7. The fraction of sp³-hybridized carbons (Fsp3) is 0.300. The Morgan fingerprint density at radius 2 is 1.62 bits per heavy atom. The van der Waals surface area contributed by atoms with Crippen molar-refractivity contribution >= 4 is 27.5 Å². The third-order valence-corrected chi connectivity index (χ3v) is 5.18. The van der Waals surface area contributed by atoms with E-state index in [0.717, 1.165) is 24.3 Å². The first-order chi connectivity index (χ1) is 13.5. The minimum atomic E-state index is -3.85. The number of halogens is 1. The molecule has 3 N–H and O–H groups in total. The van der Waals surface area contributed by atoms with Gasteiger partial charge >= 0.3 is 0 Å². The summed E-state index contributed by atoms with van der Waals surface area (Å²) in [6.45, 7) is 5.39. The Morgan fingerprint density at radius 3 is 2.24 bits per heavy atom. The molecule has 2 aromatic rings. The van der Waals surface area contributed by atoms with Crippen molar-refractivity contribution in [2.75, 3.05) is 11.9 Å². The molecule has 0 saturated carbocycles. The SMILES string of the molecule is CC(C)(C)NC(=O)c1ccccc1NC(=O)CCNS(=O)(=O)c1ccc(F)cc1. The van der Waals surface area contributed by atoms with Crippen molar-refractivity contribution in [3.63, 3.8) is 0 Å². The molecule has 9 heteroatoms. The molecular weight excluding hydrogens is 397 g/mol. The smallest absolute Gasteiger partial charge is 0.253 e. The van der Waals surface area contributed by atoms with Gasteiger partial charge in [-0.2, -0.15) is 0 Å². The van der Waals surface area contributed by atoms with Crippen LogP contribution in [0.15, 0.2) is 53.4 Å². The summed E-state index contributed by atoms with van der Waals surface area (Å²) in [6.07, 6.45) is -0.143. The van der Waals surface area contributed by atoms with Gasteiger partial charge in [0.15, 0.2) is 0 Å². The second-order valence-electron chi connectivity index (χ2n) is 7.40. The first-order valence-electron chi connectivity index (χ1n) is 8.94. The Morgan fingerprint density at radius 1 is 1.00 bits per heavy atom. The molecule has 2 amide bonds. The molecule has 0 spiro atoms. The maximum Gasteiger partial charge on any atom is 0.253 e. The van der Waals surface area contributed by atoms with Crippen LogP contribution < -0.4 is 15.4 Å². The Bertz CT molecular complexity index is 984. The molecule has 0 radical (unpaired) electrons.